The van der Waals surface area contributed by atoms with Gasteiger partial charge in [0.1, 0.15) is 11.5 Å². The number of amides is 1. The van der Waals surface area contributed by atoms with E-state index < -0.39 is 27.0 Å². The molecular formula is C17H14FN5O3S. The number of nitrogens with zero attached hydrogens (tertiary/aromatic N) is 4. The highest BCUT2D eigenvalue weighted by atomic mass is 32.2. The summed E-state index contributed by atoms with van der Waals surface area (Å²) in [4.78, 5) is 20.2. The zero-order valence-electron chi connectivity index (χ0n) is 13.9. The van der Waals surface area contributed by atoms with E-state index in [1.165, 1.54) is 29.2 Å². The van der Waals surface area contributed by atoms with Crippen LogP contribution < -0.4 is 4.72 Å². The van der Waals surface area contributed by atoms with Crippen LogP contribution in [-0.4, -0.2) is 39.3 Å². The van der Waals surface area contributed by atoms with E-state index in [9.17, 15) is 17.6 Å². The zero-order chi connectivity index (χ0) is 19.0. The molecule has 0 unspecified atom stereocenters. The molecule has 3 aromatic heterocycles. The molecule has 1 N–H and O–H groups in total. The van der Waals surface area contributed by atoms with Crippen LogP contribution in [0.2, 0.25) is 0 Å². The van der Waals surface area contributed by atoms with Crippen LogP contribution >= 0.6 is 0 Å². The van der Waals surface area contributed by atoms with Gasteiger partial charge in [-0.15, -0.1) is 0 Å². The van der Waals surface area contributed by atoms with Crippen molar-refractivity contribution in [2.24, 2.45) is 0 Å². The van der Waals surface area contributed by atoms with Gasteiger partial charge in [-0.05, 0) is 25.0 Å². The van der Waals surface area contributed by atoms with Crippen LogP contribution in [0.3, 0.4) is 0 Å². The minimum Gasteiger partial charge on any atom is -0.266 e. The van der Waals surface area contributed by atoms with Gasteiger partial charge in [0, 0.05) is 17.8 Å². The molecule has 0 atom stereocenters. The highest BCUT2D eigenvalue weighted by Gasteiger charge is 2.37. The van der Waals surface area contributed by atoms with Crippen molar-refractivity contribution < 1.29 is 17.6 Å². The molecule has 8 nitrogen and oxygen atoms in total. The first-order valence-corrected chi connectivity index (χ1v) is 9.66. The van der Waals surface area contributed by atoms with E-state index in [0.717, 1.165) is 6.20 Å². The lowest BCUT2D eigenvalue weighted by Crippen LogP contribution is -2.33. The summed E-state index contributed by atoms with van der Waals surface area (Å²) < 4.78 is 40.6. The van der Waals surface area contributed by atoms with Gasteiger partial charge >= 0.3 is 0 Å². The molecule has 1 aliphatic rings. The molecule has 0 saturated heterocycles. The third-order valence-corrected chi connectivity index (χ3v) is 5.83. The monoisotopic (exact) mass is 387 g/mol. The molecule has 1 aliphatic carbocycles. The lowest BCUT2D eigenvalue weighted by Gasteiger charge is -2.06. The van der Waals surface area contributed by atoms with E-state index in [0.29, 0.717) is 29.8 Å². The van der Waals surface area contributed by atoms with Gasteiger partial charge in [-0.1, -0.05) is 6.07 Å². The Bertz CT molecular complexity index is 1120. The van der Waals surface area contributed by atoms with Crippen LogP contribution in [0.25, 0.3) is 16.9 Å². The highest BCUT2D eigenvalue weighted by molar-refractivity contribution is 7.91. The normalized spacial score (nSPS) is 14.1. The molecule has 1 saturated carbocycles. The van der Waals surface area contributed by atoms with E-state index in [-0.39, 0.29) is 5.69 Å². The van der Waals surface area contributed by atoms with Crippen molar-refractivity contribution in [1.82, 2.24) is 24.5 Å². The lowest BCUT2D eigenvalue weighted by atomic mass is 10.2. The summed E-state index contributed by atoms with van der Waals surface area (Å²) >= 11 is 0. The van der Waals surface area contributed by atoms with E-state index in [1.54, 1.807) is 18.3 Å². The number of nitrogens with one attached hydrogen (secondary N) is 1. The first kappa shape index (κ1) is 17.3. The maximum atomic E-state index is 13.3. The lowest BCUT2D eigenvalue weighted by molar-refractivity contribution is 0.0976. The largest absolute Gasteiger partial charge is 0.283 e. The van der Waals surface area contributed by atoms with E-state index >= 15 is 0 Å². The van der Waals surface area contributed by atoms with E-state index in [2.05, 4.69) is 19.8 Å². The maximum absolute atomic E-state index is 13.3. The molecule has 3 heterocycles. The van der Waals surface area contributed by atoms with Crippen molar-refractivity contribution >= 4 is 15.9 Å². The van der Waals surface area contributed by atoms with Gasteiger partial charge in [-0.3, -0.25) is 9.78 Å². The van der Waals surface area contributed by atoms with Gasteiger partial charge in [0.2, 0.25) is 10.0 Å². The highest BCUT2D eigenvalue weighted by Crippen LogP contribution is 2.27. The molecule has 27 heavy (non-hydrogen) atoms. The topological polar surface area (TPSA) is 107 Å². The van der Waals surface area contributed by atoms with Gasteiger partial charge < -0.3 is 0 Å². The van der Waals surface area contributed by atoms with Crippen LogP contribution in [0.1, 0.15) is 23.3 Å². The Hall–Kier alpha value is -3.14. The first-order valence-electron chi connectivity index (χ1n) is 8.11. The van der Waals surface area contributed by atoms with Crippen molar-refractivity contribution in [3.05, 3.63) is 60.6 Å². The van der Waals surface area contributed by atoms with Gasteiger partial charge in [0.15, 0.2) is 0 Å². The first-order chi connectivity index (χ1) is 12.9. The van der Waals surface area contributed by atoms with Crippen LogP contribution in [0.5, 0.6) is 0 Å². The Morgan fingerprint density at radius 2 is 2.04 bits per heavy atom. The predicted octanol–water partition coefficient (Wildman–Crippen LogP) is 1.69. The molecular weight excluding hydrogens is 373 g/mol. The number of halogens is 1. The molecule has 138 valence electrons. The fourth-order valence-corrected chi connectivity index (χ4v) is 3.77. The predicted molar refractivity (Wildman–Crippen MR) is 94.0 cm³/mol. The van der Waals surface area contributed by atoms with Crippen LogP contribution in [0.4, 0.5) is 4.39 Å². The van der Waals surface area contributed by atoms with Gasteiger partial charge in [-0.25, -0.2) is 27.2 Å². The van der Waals surface area contributed by atoms with Gasteiger partial charge in [0.05, 0.1) is 35.2 Å². The minimum absolute atomic E-state index is 0.0168. The van der Waals surface area contributed by atoms with Crippen molar-refractivity contribution in [3.8, 4) is 16.9 Å². The van der Waals surface area contributed by atoms with Crippen molar-refractivity contribution in [2.75, 3.05) is 0 Å². The number of carbonyl (C=O) groups excluding carboxylic acids is 1. The Balaban J connectivity index is 1.58. The Morgan fingerprint density at radius 3 is 2.78 bits per heavy atom. The van der Waals surface area contributed by atoms with Crippen molar-refractivity contribution in [1.29, 1.82) is 0 Å². The van der Waals surface area contributed by atoms with Crippen molar-refractivity contribution in [2.45, 2.75) is 18.1 Å². The third kappa shape index (κ3) is 3.70. The van der Waals surface area contributed by atoms with Crippen LogP contribution in [-0.2, 0) is 10.0 Å². The Labute approximate surface area is 154 Å². The molecule has 3 aromatic rings. The standard InChI is InChI=1S/C17H14FN5O3S/c18-12-6-13(9-19-8-12)23-10-11(7-20-23)15-2-1-3-16(21-15)17(24)22-27(25,26)14-4-5-14/h1-3,6-10,14H,4-5H2,(H,22,24). The number of aromatic nitrogens is 4. The Morgan fingerprint density at radius 1 is 1.22 bits per heavy atom. The average Bonchev–Trinajstić information content (AvgIpc) is 3.40. The summed E-state index contributed by atoms with van der Waals surface area (Å²) in [5, 5.41) is 3.65. The number of pyridine rings is 2. The van der Waals surface area contributed by atoms with Gasteiger partial charge in [0.25, 0.3) is 5.91 Å². The van der Waals surface area contributed by atoms with Crippen molar-refractivity contribution in [3.63, 3.8) is 0 Å². The zero-order valence-corrected chi connectivity index (χ0v) is 14.7. The van der Waals surface area contributed by atoms with Crippen LogP contribution in [0.15, 0.2) is 49.1 Å². The summed E-state index contributed by atoms with van der Waals surface area (Å²) in [5.74, 6) is -1.26. The summed E-state index contributed by atoms with van der Waals surface area (Å²) in [7, 11) is -3.65. The summed E-state index contributed by atoms with van der Waals surface area (Å²) in [6.07, 6.45) is 6.79. The molecule has 1 fully saturated rings. The molecule has 1 amide bonds. The Kier molecular flexibility index (Phi) is 4.19. The summed E-state index contributed by atoms with van der Waals surface area (Å²) in [6, 6.07) is 5.98. The second-order valence-electron chi connectivity index (χ2n) is 6.12. The third-order valence-electron chi connectivity index (χ3n) is 4.01. The van der Waals surface area contributed by atoms with Crippen LogP contribution in [0, 0.1) is 5.82 Å². The summed E-state index contributed by atoms with van der Waals surface area (Å²) in [6.45, 7) is 0. The molecule has 0 spiro atoms. The second-order valence-corrected chi connectivity index (χ2v) is 8.08. The SMILES string of the molecule is O=C(NS(=O)(=O)C1CC1)c1cccc(-c2cnn(-c3cncc(F)c3)c2)n1. The van der Waals surface area contributed by atoms with E-state index in [4.69, 9.17) is 0 Å². The average molecular weight is 387 g/mol. The molecule has 0 aromatic carbocycles. The molecule has 0 aliphatic heterocycles. The smallest absolute Gasteiger partial charge is 0.266 e. The number of hydrogen-bond acceptors (Lipinski definition) is 6. The fraction of sp³-hybridized carbons (Fsp3) is 0.176. The molecule has 10 heteroatoms. The quantitative estimate of drug-likeness (QED) is 0.714. The number of hydrogen-bond donors (Lipinski definition) is 1. The summed E-state index contributed by atoms with van der Waals surface area (Å²) in [5.41, 5.74) is 1.43. The number of rotatable bonds is 5. The number of carbonyl (C=O) groups is 1. The maximum Gasteiger partial charge on any atom is 0.283 e. The molecule has 4 rings (SSSR count). The van der Waals surface area contributed by atoms with Gasteiger partial charge in [-0.2, -0.15) is 5.10 Å². The van der Waals surface area contributed by atoms with E-state index in [1.807, 2.05) is 0 Å². The second kappa shape index (κ2) is 6.54. The fourth-order valence-electron chi connectivity index (χ4n) is 2.49. The molecule has 0 radical (unpaired) electrons. The molecule has 0 bridgehead atoms. The number of sulfonamides is 1. The minimum atomic E-state index is -3.65.